The average molecular weight is 415 g/mol. The molecule has 0 unspecified atom stereocenters. The number of carbonyl (C=O) groups is 2. The molecule has 0 aromatic carbocycles. The summed E-state index contributed by atoms with van der Waals surface area (Å²) in [4.78, 5) is 21.7. The van der Waals surface area contributed by atoms with Gasteiger partial charge in [-0.05, 0) is 38.5 Å². The minimum Gasteiger partial charge on any atom is -0.394 e. The van der Waals surface area contributed by atoms with Crippen LogP contribution in [0.1, 0.15) is 90.9 Å². The second-order valence-electron chi connectivity index (χ2n) is 6.97. The topological polar surface area (TPSA) is 104 Å². The van der Waals surface area contributed by atoms with E-state index in [1.54, 1.807) is 0 Å². The molecule has 0 heterocycles. The Bertz CT molecular complexity index is 427. The van der Waals surface area contributed by atoms with E-state index in [-0.39, 0.29) is 13.2 Å². The van der Waals surface area contributed by atoms with Crippen molar-refractivity contribution in [2.24, 2.45) is 0 Å². The molecular formula is C23H42O6. The van der Waals surface area contributed by atoms with E-state index in [2.05, 4.69) is 36.0 Å². The largest absolute Gasteiger partial charge is 0.394 e. The predicted octanol–water partition coefficient (Wildman–Crippen LogP) is 4.22. The second-order valence-corrected chi connectivity index (χ2v) is 6.97. The van der Waals surface area contributed by atoms with Crippen molar-refractivity contribution in [3.63, 3.8) is 0 Å². The van der Waals surface area contributed by atoms with Gasteiger partial charge in [-0.2, -0.15) is 0 Å². The van der Waals surface area contributed by atoms with Gasteiger partial charge < -0.3 is 20.1 Å². The molecule has 0 saturated heterocycles. The van der Waals surface area contributed by atoms with Crippen molar-refractivity contribution in [1.29, 1.82) is 0 Å². The first kappa shape index (κ1) is 29.7. The van der Waals surface area contributed by atoms with Crippen molar-refractivity contribution in [1.82, 2.24) is 0 Å². The zero-order chi connectivity index (χ0) is 22.2. The van der Waals surface area contributed by atoms with Crippen LogP contribution in [0.15, 0.2) is 24.3 Å². The van der Waals surface area contributed by atoms with Crippen molar-refractivity contribution in [3.05, 3.63) is 24.3 Å². The van der Waals surface area contributed by atoms with E-state index in [1.807, 2.05) is 0 Å². The van der Waals surface area contributed by atoms with E-state index >= 15 is 0 Å². The normalized spacial score (nSPS) is 11.1. The summed E-state index contributed by atoms with van der Waals surface area (Å²) in [6.07, 6.45) is 21.1. The van der Waals surface area contributed by atoms with Crippen molar-refractivity contribution < 1.29 is 29.6 Å². The summed E-state index contributed by atoms with van der Waals surface area (Å²) in [5, 5.41) is 24.0. The Morgan fingerprint density at radius 2 is 1.34 bits per heavy atom. The lowest BCUT2D eigenvalue weighted by atomic mass is 10.1. The van der Waals surface area contributed by atoms with Crippen molar-refractivity contribution in [2.75, 3.05) is 13.2 Å². The third kappa shape index (κ3) is 28.8. The van der Waals surface area contributed by atoms with E-state index in [9.17, 15) is 9.59 Å². The first-order chi connectivity index (χ1) is 14.0. The van der Waals surface area contributed by atoms with Gasteiger partial charge in [0.15, 0.2) is 0 Å². The van der Waals surface area contributed by atoms with Gasteiger partial charge in [0.05, 0.1) is 13.2 Å². The number of hydrogen-bond donors (Lipinski definition) is 3. The average Bonchev–Trinajstić information content (AvgIpc) is 2.70. The summed E-state index contributed by atoms with van der Waals surface area (Å²) in [5.74, 6) is -0.916. The zero-order valence-electron chi connectivity index (χ0n) is 18.4. The fourth-order valence-corrected chi connectivity index (χ4v) is 2.35. The Hall–Kier alpha value is -1.50. The molecule has 6 nitrogen and oxygen atoms in total. The predicted molar refractivity (Wildman–Crippen MR) is 116 cm³/mol. The van der Waals surface area contributed by atoms with Crippen LogP contribution in [0.2, 0.25) is 0 Å². The quantitative estimate of drug-likeness (QED) is 0.151. The third-order valence-electron chi connectivity index (χ3n) is 4.01. The van der Waals surface area contributed by atoms with E-state index in [1.165, 1.54) is 45.4 Å². The van der Waals surface area contributed by atoms with Crippen molar-refractivity contribution >= 4 is 11.9 Å². The molecular weight excluding hydrogens is 372 g/mol. The van der Waals surface area contributed by atoms with Gasteiger partial charge in [-0.15, -0.1) is 0 Å². The Morgan fingerprint density at radius 1 is 0.828 bits per heavy atom. The number of aliphatic hydroxyl groups excluding tert-OH is 3. The van der Waals surface area contributed by atoms with Gasteiger partial charge in [0.25, 0.3) is 0 Å². The van der Waals surface area contributed by atoms with Crippen LogP contribution in [0.25, 0.3) is 0 Å². The Morgan fingerprint density at radius 3 is 1.83 bits per heavy atom. The van der Waals surface area contributed by atoms with Crippen LogP contribution in [-0.2, 0) is 14.3 Å². The van der Waals surface area contributed by atoms with Gasteiger partial charge >= 0.3 is 11.9 Å². The lowest BCUT2D eigenvalue weighted by molar-refractivity contribution is -0.158. The highest BCUT2D eigenvalue weighted by molar-refractivity contribution is 5.83. The highest BCUT2D eigenvalue weighted by Crippen LogP contribution is 2.08. The molecule has 0 saturated carbocycles. The van der Waals surface area contributed by atoms with Gasteiger partial charge in [-0.3, -0.25) is 9.59 Å². The highest BCUT2D eigenvalue weighted by Gasteiger charge is 2.04. The summed E-state index contributed by atoms with van der Waals surface area (Å²) in [6.45, 7) is 2.76. The van der Waals surface area contributed by atoms with E-state index in [4.69, 9.17) is 15.3 Å². The van der Waals surface area contributed by atoms with E-state index in [0.717, 1.165) is 32.1 Å². The first-order valence-electron chi connectivity index (χ1n) is 10.9. The molecule has 170 valence electrons. The molecule has 0 aromatic rings. The number of esters is 2. The smallest absolute Gasteiger partial charge is 0.313 e. The molecule has 0 spiro atoms. The lowest BCUT2D eigenvalue weighted by Gasteiger charge is -2.00. The second kappa shape index (κ2) is 24.5. The van der Waals surface area contributed by atoms with E-state index < -0.39 is 18.0 Å². The summed E-state index contributed by atoms with van der Waals surface area (Å²) >= 11 is 0. The van der Waals surface area contributed by atoms with Gasteiger partial charge in [0.1, 0.15) is 6.10 Å². The number of hydrogen-bond acceptors (Lipinski definition) is 6. The minimum atomic E-state index is -0.954. The number of rotatable bonds is 16. The van der Waals surface area contributed by atoms with Crippen LogP contribution in [0.3, 0.4) is 0 Å². The first-order valence-corrected chi connectivity index (χ1v) is 10.9. The maximum atomic E-state index is 11.1. The molecule has 0 radical (unpaired) electrons. The molecule has 0 atom stereocenters. The monoisotopic (exact) mass is 414 g/mol. The SMILES string of the molecule is CCCCC/C=C\C/C=C\CCCCCCCC(=O)OC(C)=O.OCC(O)CO. The maximum Gasteiger partial charge on any atom is 0.313 e. The molecule has 0 aromatic heterocycles. The summed E-state index contributed by atoms with van der Waals surface area (Å²) in [5.41, 5.74) is 0. The molecule has 29 heavy (non-hydrogen) atoms. The van der Waals surface area contributed by atoms with Gasteiger partial charge in [-0.1, -0.05) is 63.3 Å². The maximum absolute atomic E-state index is 11.1. The Kier molecular flexibility index (Phi) is 25.1. The lowest BCUT2D eigenvalue weighted by Crippen LogP contribution is -2.15. The van der Waals surface area contributed by atoms with E-state index in [0.29, 0.717) is 6.42 Å². The van der Waals surface area contributed by atoms with Crippen LogP contribution >= 0.6 is 0 Å². The molecule has 0 rings (SSSR count). The fraction of sp³-hybridized carbons (Fsp3) is 0.739. The van der Waals surface area contributed by atoms with Crippen molar-refractivity contribution in [3.8, 4) is 0 Å². The van der Waals surface area contributed by atoms with Crippen molar-refractivity contribution in [2.45, 2.75) is 97.0 Å². The van der Waals surface area contributed by atoms with Gasteiger partial charge in [0, 0.05) is 13.3 Å². The van der Waals surface area contributed by atoms with Crippen LogP contribution < -0.4 is 0 Å². The molecule has 0 aliphatic heterocycles. The molecule has 0 amide bonds. The molecule has 0 aliphatic rings. The molecule has 0 aliphatic carbocycles. The molecule has 3 N–H and O–H groups in total. The number of carbonyl (C=O) groups excluding carboxylic acids is 2. The van der Waals surface area contributed by atoms with Crippen LogP contribution in [-0.4, -0.2) is 46.6 Å². The Labute approximate surface area is 176 Å². The number of ether oxygens (including phenoxy) is 1. The number of aliphatic hydroxyl groups is 3. The van der Waals surface area contributed by atoms with Crippen LogP contribution in [0.4, 0.5) is 0 Å². The fourth-order valence-electron chi connectivity index (χ4n) is 2.35. The third-order valence-corrected chi connectivity index (χ3v) is 4.01. The molecule has 0 fully saturated rings. The standard InChI is InChI=1S/C20H34O3.C3H8O3/c1-3-4-5-6-7-8-9-10-11-12-13-14-15-16-17-18-20(22)23-19(2)21;4-1-3(6)2-5/h7-8,10-11H,3-6,9,12-18H2,1-2H3;3-6H,1-2H2/b8-7-,11-10-;. The van der Waals surface area contributed by atoms with Crippen LogP contribution in [0, 0.1) is 0 Å². The van der Waals surface area contributed by atoms with Gasteiger partial charge in [0.2, 0.25) is 0 Å². The Balaban J connectivity index is 0. The summed E-state index contributed by atoms with van der Waals surface area (Å²) in [7, 11) is 0. The molecule has 6 heteroatoms. The summed E-state index contributed by atoms with van der Waals surface area (Å²) in [6, 6.07) is 0. The van der Waals surface area contributed by atoms with Crippen LogP contribution in [0.5, 0.6) is 0 Å². The number of unbranched alkanes of at least 4 members (excludes halogenated alkanes) is 8. The van der Waals surface area contributed by atoms with Gasteiger partial charge in [-0.25, -0.2) is 0 Å². The zero-order valence-corrected chi connectivity index (χ0v) is 18.4. The number of allylic oxidation sites excluding steroid dienone is 4. The molecule has 0 bridgehead atoms. The highest BCUT2D eigenvalue weighted by atomic mass is 16.6. The summed E-state index contributed by atoms with van der Waals surface area (Å²) < 4.78 is 4.48. The minimum absolute atomic E-state index is 0.351.